The molecular formula is C15H12Cl2INO2. The predicted octanol–water partition coefficient (Wildman–Crippen LogP) is 4.92. The summed E-state index contributed by atoms with van der Waals surface area (Å²) in [5.74, 6) is 0.181. The largest absolute Gasteiger partial charge is 0.482 e. The first kappa shape index (κ1) is 16.4. The van der Waals surface area contributed by atoms with Crippen LogP contribution in [0.1, 0.15) is 5.56 Å². The first-order chi connectivity index (χ1) is 9.95. The molecule has 1 N–H and O–H groups in total. The lowest BCUT2D eigenvalue weighted by Crippen LogP contribution is -2.20. The molecule has 110 valence electrons. The Labute approximate surface area is 146 Å². The number of carbonyl (C=O) groups excluding carboxylic acids is 1. The van der Waals surface area contributed by atoms with Crippen molar-refractivity contribution >= 4 is 57.4 Å². The van der Waals surface area contributed by atoms with E-state index in [9.17, 15) is 4.79 Å². The molecule has 0 atom stereocenters. The third kappa shape index (κ3) is 4.76. The smallest absolute Gasteiger partial charge is 0.262 e. The molecule has 0 radical (unpaired) electrons. The summed E-state index contributed by atoms with van der Waals surface area (Å²) >= 11 is 14.0. The average molecular weight is 436 g/mol. The molecular weight excluding hydrogens is 424 g/mol. The molecule has 0 spiro atoms. The highest BCUT2D eigenvalue weighted by atomic mass is 127. The van der Waals surface area contributed by atoms with E-state index in [1.807, 2.05) is 25.1 Å². The third-order valence-electron chi connectivity index (χ3n) is 2.72. The van der Waals surface area contributed by atoms with E-state index in [1.165, 1.54) is 0 Å². The standard InChI is InChI=1S/C15H12Cl2INO2/c1-9-6-11(18)3-4-13(9)19-15(20)8-21-14-5-2-10(16)7-12(14)17/h2-7H,8H2,1H3,(H,19,20). The molecule has 21 heavy (non-hydrogen) atoms. The van der Waals surface area contributed by atoms with Gasteiger partial charge >= 0.3 is 0 Å². The van der Waals surface area contributed by atoms with Crippen LogP contribution >= 0.6 is 45.8 Å². The molecule has 0 aliphatic carbocycles. The molecule has 0 unspecified atom stereocenters. The van der Waals surface area contributed by atoms with E-state index in [-0.39, 0.29) is 12.5 Å². The molecule has 0 aromatic heterocycles. The Morgan fingerprint density at radius 2 is 2.00 bits per heavy atom. The van der Waals surface area contributed by atoms with Crippen molar-refractivity contribution in [1.29, 1.82) is 0 Å². The molecule has 3 nitrogen and oxygen atoms in total. The van der Waals surface area contributed by atoms with Crippen LogP contribution < -0.4 is 10.1 Å². The number of amides is 1. The van der Waals surface area contributed by atoms with Crippen molar-refractivity contribution in [3.63, 3.8) is 0 Å². The molecule has 0 saturated carbocycles. The molecule has 6 heteroatoms. The second-order valence-corrected chi connectivity index (χ2v) is 6.46. The Kier molecular flexibility index (Phi) is 5.72. The van der Waals surface area contributed by atoms with E-state index in [2.05, 4.69) is 27.9 Å². The van der Waals surface area contributed by atoms with E-state index in [1.54, 1.807) is 18.2 Å². The van der Waals surface area contributed by atoms with Gasteiger partial charge in [0.15, 0.2) is 6.61 Å². The van der Waals surface area contributed by atoms with Gasteiger partial charge in [-0.3, -0.25) is 4.79 Å². The molecule has 0 heterocycles. The number of nitrogens with one attached hydrogen (secondary N) is 1. The maximum Gasteiger partial charge on any atom is 0.262 e. The van der Waals surface area contributed by atoms with Crippen molar-refractivity contribution < 1.29 is 9.53 Å². The van der Waals surface area contributed by atoms with Crippen LogP contribution in [-0.4, -0.2) is 12.5 Å². The van der Waals surface area contributed by atoms with Gasteiger partial charge in [0.1, 0.15) is 5.75 Å². The van der Waals surface area contributed by atoms with Crippen LogP contribution in [0.4, 0.5) is 5.69 Å². The molecule has 2 aromatic carbocycles. The van der Waals surface area contributed by atoms with Gasteiger partial charge in [0.2, 0.25) is 0 Å². The van der Waals surface area contributed by atoms with Crippen LogP contribution in [-0.2, 0) is 4.79 Å². The summed E-state index contributed by atoms with van der Waals surface area (Å²) in [7, 11) is 0. The zero-order chi connectivity index (χ0) is 15.4. The van der Waals surface area contributed by atoms with Crippen molar-refractivity contribution in [2.75, 3.05) is 11.9 Å². The van der Waals surface area contributed by atoms with Gasteiger partial charge in [-0.2, -0.15) is 0 Å². The fourth-order valence-corrected chi connectivity index (χ4v) is 2.80. The first-order valence-electron chi connectivity index (χ1n) is 6.09. The second kappa shape index (κ2) is 7.33. The SMILES string of the molecule is Cc1cc(I)ccc1NC(=O)COc1ccc(Cl)cc1Cl. The van der Waals surface area contributed by atoms with Crippen LogP contribution in [0.25, 0.3) is 0 Å². The summed E-state index contributed by atoms with van der Waals surface area (Å²) in [6.07, 6.45) is 0. The van der Waals surface area contributed by atoms with E-state index < -0.39 is 0 Å². The number of aryl methyl sites for hydroxylation is 1. The molecule has 0 fully saturated rings. The zero-order valence-electron chi connectivity index (χ0n) is 11.1. The minimum absolute atomic E-state index is 0.118. The normalized spacial score (nSPS) is 10.3. The Morgan fingerprint density at radius 3 is 2.67 bits per heavy atom. The van der Waals surface area contributed by atoms with Gasteiger partial charge < -0.3 is 10.1 Å². The average Bonchev–Trinajstić information content (AvgIpc) is 2.41. The van der Waals surface area contributed by atoms with Crippen molar-refractivity contribution in [2.24, 2.45) is 0 Å². The highest BCUT2D eigenvalue weighted by Crippen LogP contribution is 2.27. The van der Waals surface area contributed by atoms with Crippen LogP contribution in [0.2, 0.25) is 10.0 Å². The summed E-state index contributed by atoms with van der Waals surface area (Å²) in [6, 6.07) is 10.6. The Bertz CT molecular complexity index is 677. The number of anilines is 1. The number of ether oxygens (including phenoxy) is 1. The molecule has 2 rings (SSSR count). The lowest BCUT2D eigenvalue weighted by atomic mass is 10.2. The maximum absolute atomic E-state index is 11.9. The van der Waals surface area contributed by atoms with Crippen molar-refractivity contribution in [3.8, 4) is 5.75 Å². The minimum atomic E-state index is -0.245. The van der Waals surface area contributed by atoms with Crippen molar-refractivity contribution in [3.05, 3.63) is 55.6 Å². The number of carbonyl (C=O) groups is 1. The topological polar surface area (TPSA) is 38.3 Å². The number of hydrogen-bond acceptors (Lipinski definition) is 2. The van der Waals surface area contributed by atoms with E-state index >= 15 is 0 Å². The first-order valence-corrected chi connectivity index (χ1v) is 7.93. The van der Waals surface area contributed by atoms with Gasteiger partial charge in [0.25, 0.3) is 5.91 Å². The van der Waals surface area contributed by atoms with Gasteiger partial charge in [-0.1, -0.05) is 23.2 Å². The zero-order valence-corrected chi connectivity index (χ0v) is 14.8. The van der Waals surface area contributed by atoms with E-state index in [0.29, 0.717) is 15.8 Å². The number of rotatable bonds is 4. The fraction of sp³-hybridized carbons (Fsp3) is 0.133. The monoisotopic (exact) mass is 435 g/mol. The van der Waals surface area contributed by atoms with Crippen LogP contribution in [0, 0.1) is 10.5 Å². The molecule has 1 amide bonds. The summed E-state index contributed by atoms with van der Waals surface area (Å²) < 4.78 is 6.50. The highest BCUT2D eigenvalue weighted by Gasteiger charge is 2.08. The molecule has 0 aliphatic heterocycles. The Hall–Kier alpha value is -0.980. The Balaban J connectivity index is 1.96. The minimum Gasteiger partial charge on any atom is -0.482 e. The lowest BCUT2D eigenvalue weighted by molar-refractivity contribution is -0.118. The van der Waals surface area contributed by atoms with Crippen LogP contribution in [0.15, 0.2) is 36.4 Å². The third-order valence-corrected chi connectivity index (χ3v) is 3.92. The summed E-state index contributed by atoms with van der Waals surface area (Å²) in [5, 5.41) is 3.70. The molecule has 0 bridgehead atoms. The lowest BCUT2D eigenvalue weighted by Gasteiger charge is -2.10. The number of halogens is 3. The fourth-order valence-electron chi connectivity index (χ4n) is 1.69. The van der Waals surface area contributed by atoms with Gasteiger partial charge in [-0.15, -0.1) is 0 Å². The van der Waals surface area contributed by atoms with Crippen LogP contribution in [0.3, 0.4) is 0 Å². The second-order valence-electron chi connectivity index (χ2n) is 4.37. The Morgan fingerprint density at radius 1 is 1.24 bits per heavy atom. The maximum atomic E-state index is 11.9. The number of benzene rings is 2. The highest BCUT2D eigenvalue weighted by molar-refractivity contribution is 14.1. The van der Waals surface area contributed by atoms with Crippen molar-refractivity contribution in [1.82, 2.24) is 0 Å². The van der Waals surface area contributed by atoms with Gasteiger partial charge in [-0.25, -0.2) is 0 Å². The van der Waals surface area contributed by atoms with E-state index in [0.717, 1.165) is 14.8 Å². The predicted molar refractivity (Wildman–Crippen MR) is 94.5 cm³/mol. The molecule has 0 saturated heterocycles. The van der Waals surface area contributed by atoms with Gasteiger partial charge in [0.05, 0.1) is 5.02 Å². The van der Waals surface area contributed by atoms with E-state index in [4.69, 9.17) is 27.9 Å². The summed E-state index contributed by atoms with van der Waals surface area (Å²) in [4.78, 5) is 11.9. The van der Waals surface area contributed by atoms with Gasteiger partial charge in [0, 0.05) is 14.3 Å². The number of hydrogen-bond donors (Lipinski definition) is 1. The summed E-state index contributed by atoms with van der Waals surface area (Å²) in [5.41, 5.74) is 1.77. The quantitative estimate of drug-likeness (QED) is 0.692. The molecule has 2 aromatic rings. The summed E-state index contributed by atoms with van der Waals surface area (Å²) in [6.45, 7) is 1.82. The van der Waals surface area contributed by atoms with Crippen LogP contribution in [0.5, 0.6) is 5.75 Å². The van der Waals surface area contributed by atoms with Crippen molar-refractivity contribution in [2.45, 2.75) is 6.92 Å². The van der Waals surface area contributed by atoms with Gasteiger partial charge in [-0.05, 0) is 71.5 Å². The molecule has 0 aliphatic rings.